The smallest absolute Gasteiger partial charge is 0.335 e. The van der Waals surface area contributed by atoms with Crippen LogP contribution in [-0.2, 0) is 6.42 Å². The Kier molecular flexibility index (Phi) is 1.47. The van der Waals surface area contributed by atoms with Crippen LogP contribution in [0.1, 0.15) is 21.5 Å². The van der Waals surface area contributed by atoms with Gasteiger partial charge in [0, 0.05) is 0 Å². The van der Waals surface area contributed by atoms with Gasteiger partial charge < -0.3 is 5.11 Å². The van der Waals surface area contributed by atoms with Crippen molar-refractivity contribution < 1.29 is 9.90 Å². The molecule has 2 heteroatoms. The largest absolute Gasteiger partial charge is 0.478 e. The summed E-state index contributed by atoms with van der Waals surface area (Å²) < 4.78 is 0. The van der Waals surface area contributed by atoms with Gasteiger partial charge in [-0.15, -0.1) is 0 Å². The van der Waals surface area contributed by atoms with Gasteiger partial charge in [0.25, 0.3) is 0 Å². The topological polar surface area (TPSA) is 37.3 Å². The van der Waals surface area contributed by atoms with Gasteiger partial charge in [0.15, 0.2) is 0 Å². The summed E-state index contributed by atoms with van der Waals surface area (Å²) in [5.41, 5.74) is 2.40. The lowest BCUT2D eigenvalue weighted by Gasteiger charge is -2.02. The Morgan fingerprint density at radius 3 is 3.00 bits per heavy atom. The first-order valence-corrected chi connectivity index (χ1v) is 3.81. The fourth-order valence-corrected chi connectivity index (χ4v) is 1.49. The van der Waals surface area contributed by atoms with Gasteiger partial charge in [-0.2, -0.15) is 0 Å². The highest BCUT2D eigenvalue weighted by Gasteiger charge is 2.13. The molecule has 1 aliphatic carbocycles. The molecule has 1 aliphatic rings. The number of rotatable bonds is 1. The lowest BCUT2D eigenvalue weighted by atomic mass is 10.0. The molecule has 1 aromatic rings. The summed E-state index contributed by atoms with van der Waals surface area (Å²) in [6.45, 7) is 0. The third-order valence-electron chi connectivity index (χ3n) is 2.06. The van der Waals surface area contributed by atoms with Gasteiger partial charge in [0.05, 0.1) is 5.56 Å². The van der Waals surface area contributed by atoms with Crippen LogP contribution in [0.3, 0.4) is 0 Å². The normalized spacial score (nSPS) is 13.0. The van der Waals surface area contributed by atoms with Gasteiger partial charge in [-0.3, -0.25) is 0 Å². The predicted molar refractivity (Wildman–Crippen MR) is 46.1 cm³/mol. The van der Waals surface area contributed by atoms with Gasteiger partial charge in [-0.05, 0) is 23.6 Å². The minimum absolute atomic E-state index is 0.428. The SMILES string of the molecule is O=C(O)c1cccc2c1CC=C2. The minimum atomic E-state index is -0.837. The number of aromatic carboxylic acids is 1. The molecule has 0 fully saturated rings. The lowest BCUT2D eigenvalue weighted by molar-refractivity contribution is 0.0696. The Bertz CT molecular complexity index is 364. The average molecular weight is 160 g/mol. The second kappa shape index (κ2) is 2.48. The highest BCUT2D eigenvalue weighted by atomic mass is 16.4. The molecule has 0 amide bonds. The molecule has 0 atom stereocenters. The molecule has 0 saturated carbocycles. The standard InChI is InChI=1S/C10H8O2/c11-10(12)9-6-2-4-7-3-1-5-8(7)9/h1-4,6H,5H2,(H,11,12). The summed E-state index contributed by atoms with van der Waals surface area (Å²) in [4.78, 5) is 10.7. The maximum atomic E-state index is 10.7. The number of fused-ring (bicyclic) bond motifs is 1. The van der Waals surface area contributed by atoms with E-state index in [1.807, 2.05) is 18.2 Å². The van der Waals surface area contributed by atoms with Crippen molar-refractivity contribution in [3.63, 3.8) is 0 Å². The van der Waals surface area contributed by atoms with E-state index in [2.05, 4.69) is 0 Å². The maximum Gasteiger partial charge on any atom is 0.335 e. The number of hydrogen-bond donors (Lipinski definition) is 1. The van der Waals surface area contributed by atoms with Gasteiger partial charge in [0.1, 0.15) is 0 Å². The van der Waals surface area contributed by atoms with Gasteiger partial charge in [-0.25, -0.2) is 4.79 Å². The number of allylic oxidation sites excluding steroid dienone is 1. The average Bonchev–Trinajstić information content (AvgIpc) is 2.49. The Labute approximate surface area is 70.2 Å². The maximum absolute atomic E-state index is 10.7. The van der Waals surface area contributed by atoms with E-state index >= 15 is 0 Å². The summed E-state index contributed by atoms with van der Waals surface area (Å²) in [5, 5.41) is 8.82. The highest BCUT2D eigenvalue weighted by Crippen LogP contribution is 2.22. The van der Waals surface area contributed by atoms with Crippen LogP contribution in [0.25, 0.3) is 6.08 Å². The highest BCUT2D eigenvalue weighted by molar-refractivity contribution is 5.91. The molecule has 1 N–H and O–H groups in total. The molecular formula is C10H8O2. The van der Waals surface area contributed by atoms with E-state index in [4.69, 9.17) is 5.11 Å². The van der Waals surface area contributed by atoms with Gasteiger partial charge >= 0.3 is 5.97 Å². The molecule has 2 rings (SSSR count). The van der Waals surface area contributed by atoms with Crippen molar-refractivity contribution in [3.8, 4) is 0 Å². The third-order valence-corrected chi connectivity index (χ3v) is 2.06. The van der Waals surface area contributed by atoms with Crippen LogP contribution in [0.4, 0.5) is 0 Å². The minimum Gasteiger partial charge on any atom is -0.478 e. The molecule has 60 valence electrons. The Morgan fingerprint density at radius 1 is 1.42 bits per heavy atom. The molecule has 2 nitrogen and oxygen atoms in total. The quantitative estimate of drug-likeness (QED) is 0.681. The van der Waals surface area contributed by atoms with Crippen molar-refractivity contribution in [1.29, 1.82) is 0 Å². The van der Waals surface area contributed by atoms with E-state index in [0.29, 0.717) is 5.56 Å². The molecule has 1 aromatic carbocycles. The fraction of sp³-hybridized carbons (Fsp3) is 0.100. The molecule has 0 aromatic heterocycles. The zero-order valence-electron chi connectivity index (χ0n) is 6.45. The number of carboxylic acid groups (broad SMARTS) is 1. The summed E-state index contributed by atoms with van der Waals surface area (Å²) in [6.07, 6.45) is 4.69. The number of benzene rings is 1. The van der Waals surface area contributed by atoms with Crippen molar-refractivity contribution in [2.24, 2.45) is 0 Å². The summed E-state index contributed by atoms with van der Waals surface area (Å²) >= 11 is 0. The first-order chi connectivity index (χ1) is 5.79. The third kappa shape index (κ3) is 0.925. The van der Waals surface area contributed by atoms with E-state index in [1.165, 1.54) is 0 Å². The molecule has 0 aliphatic heterocycles. The summed E-state index contributed by atoms with van der Waals surface area (Å²) in [7, 11) is 0. The molecule has 0 saturated heterocycles. The van der Waals surface area contributed by atoms with E-state index < -0.39 is 5.97 Å². The van der Waals surface area contributed by atoms with Crippen molar-refractivity contribution in [2.45, 2.75) is 6.42 Å². The molecule has 0 bridgehead atoms. The number of carboxylic acids is 1. The van der Waals surface area contributed by atoms with Crippen LogP contribution >= 0.6 is 0 Å². The Balaban J connectivity index is 2.60. The lowest BCUT2D eigenvalue weighted by Crippen LogP contribution is -2.01. The number of carbonyl (C=O) groups is 1. The molecule has 12 heavy (non-hydrogen) atoms. The van der Waals surface area contributed by atoms with Crippen molar-refractivity contribution in [2.75, 3.05) is 0 Å². The molecule has 0 heterocycles. The van der Waals surface area contributed by atoms with E-state index in [-0.39, 0.29) is 0 Å². The molecular weight excluding hydrogens is 152 g/mol. The van der Waals surface area contributed by atoms with Crippen LogP contribution in [0.2, 0.25) is 0 Å². The van der Waals surface area contributed by atoms with Crippen LogP contribution in [0, 0.1) is 0 Å². The summed E-state index contributed by atoms with van der Waals surface area (Å²) in [5.74, 6) is -0.837. The fourth-order valence-electron chi connectivity index (χ4n) is 1.49. The van der Waals surface area contributed by atoms with E-state index in [1.54, 1.807) is 12.1 Å². The molecule has 0 unspecified atom stereocenters. The van der Waals surface area contributed by atoms with Gasteiger partial charge in [0.2, 0.25) is 0 Å². The molecule has 0 spiro atoms. The van der Waals surface area contributed by atoms with Crippen LogP contribution in [-0.4, -0.2) is 11.1 Å². The second-order valence-electron chi connectivity index (χ2n) is 2.78. The zero-order valence-corrected chi connectivity index (χ0v) is 6.45. The first kappa shape index (κ1) is 7.10. The van der Waals surface area contributed by atoms with Crippen LogP contribution in [0.5, 0.6) is 0 Å². The van der Waals surface area contributed by atoms with E-state index in [9.17, 15) is 4.79 Å². The van der Waals surface area contributed by atoms with Crippen molar-refractivity contribution in [1.82, 2.24) is 0 Å². The predicted octanol–water partition coefficient (Wildman–Crippen LogP) is 1.95. The Morgan fingerprint density at radius 2 is 2.25 bits per heavy atom. The van der Waals surface area contributed by atoms with Gasteiger partial charge in [-0.1, -0.05) is 24.3 Å². The zero-order chi connectivity index (χ0) is 8.55. The molecule has 0 radical (unpaired) electrons. The first-order valence-electron chi connectivity index (χ1n) is 3.81. The summed E-state index contributed by atoms with van der Waals surface area (Å²) in [6, 6.07) is 5.36. The van der Waals surface area contributed by atoms with Crippen molar-refractivity contribution >= 4 is 12.0 Å². The second-order valence-corrected chi connectivity index (χ2v) is 2.78. The number of hydrogen-bond acceptors (Lipinski definition) is 1. The van der Waals surface area contributed by atoms with Crippen LogP contribution in [0.15, 0.2) is 24.3 Å². The van der Waals surface area contributed by atoms with Crippen molar-refractivity contribution in [3.05, 3.63) is 41.0 Å². The monoisotopic (exact) mass is 160 g/mol. The van der Waals surface area contributed by atoms with Crippen LogP contribution < -0.4 is 0 Å². The van der Waals surface area contributed by atoms with E-state index in [0.717, 1.165) is 17.5 Å². The Hall–Kier alpha value is -1.57.